The minimum absolute atomic E-state index is 0.00837. The van der Waals surface area contributed by atoms with E-state index in [1.165, 1.54) is 21.6 Å². The van der Waals surface area contributed by atoms with Crippen molar-refractivity contribution in [2.45, 2.75) is 37.6 Å². The number of aryl methyl sites for hydroxylation is 1. The molecule has 0 unspecified atom stereocenters. The number of nitrogens with zero attached hydrogens (tertiary/aromatic N) is 6. The van der Waals surface area contributed by atoms with Gasteiger partial charge in [-0.05, 0) is 93.0 Å². The molecule has 4 aliphatic rings. The first-order valence-corrected chi connectivity index (χ1v) is 17.2. The van der Waals surface area contributed by atoms with Gasteiger partial charge in [-0.2, -0.15) is 5.10 Å². The van der Waals surface area contributed by atoms with Gasteiger partial charge in [-0.1, -0.05) is 24.3 Å². The van der Waals surface area contributed by atoms with Gasteiger partial charge in [-0.25, -0.2) is 4.68 Å². The van der Waals surface area contributed by atoms with E-state index in [1.54, 1.807) is 11.3 Å². The third-order valence-corrected chi connectivity index (χ3v) is 11.8. The zero-order chi connectivity index (χ0) is 30.7. The second-order valence-electron chi connectivity index (χ2n) is 13.1. The fraction of sp³-hybridized carbons (Fsp3) is 0.417. The Hall–Kier alpha value is -3.79. The van der Waals surface area contributed by atoms with E-state index >= 15 is 0 Å². The summed E-state index contributed by atoms with van der Waals surface area (Å²) >= 11 is 1.77. The van der Waals surface area contributed by atoms with Gasteiger partial charge in [0.1, 0.15) is 0 Å². The SMILES string of the molecule is CN1CCN(C(=O)c2nn(-c3ccc(C(=O)N4CCC5(CC4)c4ccccc4CCN5C)cc3)c3c2CCc2sccc2-3)CC1. The highest BCUT2D eigenvalue weighted by molar-refractivity contribution is 7.10. The van der Waals surface area contributed by atoms with Crippen LogP contribution >= 0.6 is 11.3 Å². The van der Waals surface area contributed by atoms with Crippen LogP contribution in [-0.4, -0.2) is 101 Å². The molecule has 8 rings (SSSR count). The maximum Gasteiger partial charge on any atom is 0.274 e. The summed E-state index contributed by atoms with van der Waals surface area (Å²) in [5, 5.41) is 7.12. The zero-order valence-corrected chi connectivity index (χ0v) is 27.0. The molecule has 0 saturated carbocycles. The number of fused-ring (bicyclic) bond motifs is 5. The number of piperazine rings is 1. The van der Waals surface area contributed by atoms with E-state index in [1.807, 2.05) is 38.7 Å². The Labute approximate surface area is 268 Å². The molecule has 8 nitrogen and oxygen atoms in total. The van der Waals surface area contributed by atoms with Gasteiger partial charge in [0.15, 0.2) is 5.69 Å². The molecule has 0 bridgehead atoms. The van der Waals surface area contributed by atoms with Crippen molar-refractivity contribution < 1.29 is 9.59 Å². The van der Waals surface area contributed by atoms with Crippen LogP contribution in [0.5, 0.6) is 0 Å². The van der Waals surface area contributed by atoms with Crippen molar-refractivity contribution >= 4 is 23.2 Å². The molecule has 2 saturated heterocycles. The number of thiophene rings is 1. The molecule has 45 heavy (non-hydrogen) atoms. The first-order chi connectivity index (χ1) is 21.9. The summed E-state index contributed by atoms with van der Waals surface area (Å²) in [6, 6.07) is 18.8. The lowest BCUT2D eigenvalue weighted by atomic mass is 9.74. The quantitative estimate of drug-likeness (QED) is 0.332. The molecule has 2 amide bonds. The number of carbonyl (C=O) groups excluding carboxylic acids is 2. The lowest BCUT2D eigenvalue weighted by molar-refractivity contribution is 0.0251. The van der Waals surface area contributed by atoms with E-state index < -0.39 is 0 Å². The van der Waals surface area contributed by atoms with E-state index in [0.717, 1.165) is 94.9 Å². The van der Waals surface area contributed by atoms with E-state index in [0.29, 0.717) is 11.3 Å². The normalized spacial score (nSPS) is 19.7. The van der Waals surface area contributed by atoms with Gasteiger partial charge in [-0.3, -0.25) is 14.5 Å². The van der Waals surface area contributed by atoms with Crippen LogP contribution in [0, 0.1) is 0 Å². The zero-order valence-electron chi connectivity index (χ0n) is 26.2. The summed E-state index contributed by atoms with van der Waals surface area (Å²) in [4.78, 5) is 37.6. The lowest BCUT2D eigenvalue weighted by Gasteiger charge is -2.51. The van der Waals surface area contributed by atoms with Gasteiger partial charge in [0.05, 0.1) is 11.4 Å². The molecular formula is C36H40N6O2S. The summed E-state index contributed by atoms with van der Waals surface area (Å²) in [5.41, 5.74) is 8.27. The smallest absolute Gasteiger partial charge is 0.274 e. The number of hydrogen-bond acceptors (Lipinski definition) is 6. The Bertz CT molecular complexity index is 1760. The summed E-state index contributed by atoms with van der Waals surface area (Å²) in [6.07, 6.45) is 4.71. The first kappa shape index (κ1) is 28.7. The third kappa shape index (κ3) is 4.75. The van der Waals surface area contributed by atoms with Crippen molar-refractivity contribution in [1.82, 2.24) is 29.4 Å². The van der Waals surface area contributed by atoms with Gasteiger partial charge in [0, 0.05) is 72.9 Å². The van der Waals surface area contributed by atoms with Crippen molar-refractivity contribution in [2.24, 2.45) is 0 Å². The van der Waals surface area contributed by atoms with Gasteiger partial charge in [0.25, 0.3) is 11.8 Å². The van der Waals surface area contributed by atoms with Crippen LogP contribution in [0.15, 0.2) is 60.0 Å². The maximum absolute atomic E-state index is 13.8. The van der Waals surface area contributed by atoms with Crippen molar-refractivity contribution in [3.05, 3.63) is 92.8 Å². The molecule has 1 spiro atoms. The van der Waals surface area contributed by atoms with E-state index in [4.69, 9.17) is 5.10 Å². The molecule has 2 aromatic heterocycles. The van der Waals surface area contributed by atoms with Crippen LogP contribution in [0.1, 0.15) is 55.3 Å². The number of benzene rings is 2. The second-order valence-corrected chi connectivity index (χ2v) is 14.1. The van der Waals surface area contributed by atoms with Gasteiger partial charge >= 0.3 is 0 Å². The minimum Gasteiger partial charge on any atom is -0.338 e. The molecule has 2 fully saturated rings. The maximum atomic E-state index is 13.8. The number of amides is 2. The molecule has 0 N–H and O–H groups in total. The number of piperidine rings is 1. The molecule has 3 aliphatic heterocycles. The van der Waals surface area contributed by atoms with Gasteiger partial charge < -0.3 is 14.7 Å². The number of likely N-dealkylation sites (tertiary alicyclic amines) is 1. The molecule has 9 heteroatoms. The predicted octanol–water partition coefficient (Wildman–Crippen LogP) is 4.71. The molecule has 232 valence electrons. The minimum atomic E-state index is 0.00837. The standard InChI is InChI=1S/C36H40N6O2S/c1-38-20-22-41(23-21-38)35(44)32-29-11-12-31-28(14-24-45-31)33(29)42(37-32)27-9-7-26(8-10-27)34(43)40-18-15-36(16-19-40)30-6-4-3-5-25(30)13-17-39(36)2/h3-10,14,24H,11-13,15-23H2,1-2H3. The number of rotatable bonds is 3. The third-order valence-electron chi connectivity index (χ3n) is 10.8. The summed E-state index contributed by atoms with van der Waals surface area (Å²) in [6.45, 7) is 5.73. The largest absolute Gasteiger partial charge is 0.338 e. The van der Waals surface area contributed by atoms with Crippen molar-refractivity contribution in [1.29, 1.82) is 0 Å². The number of aromatic nitrogens is 2. The van der Waals surface area contributed by atoms with Crippen LogP contribution in [0.2, 0.25) is 0 Å². The second kappa shape index (κ2) is 11.2. The van der Waals surface area contributed by atoms with E-state index in [-0.39, 0.29) is 17.4 Å². The van der Waals surface area contributed by atoms with Crippen LogP contribution in [0.25, 0.3) is 16.9 Å². The summed E-state index contributed by atoms with van der Waals surface area (Å²) < 4.78 is 1.94. The van der Waals surface area contributed by atoms with E-state index in [9.17, 15) is 9.59 Å². The Morgan fingerprint density at radius 1 is 0.778 bits per heavy atom. The van der Waals surface area contributed by atoms with Crippen LogP contribution in [0.4, 0.5) is 0 Å². The van der Waals surface area contributed by atoms with Crippen LogP contribution < -0.4 is 0 Å². The lowest BCUT2D eigenvalue weighted by Crippen LogP contribution is -2.55. The Morgan fingerprint density at radius 3 is 2.29 bits per heavy atom. The Kier molecular flexibility index (Phi) is 7.15. The first-order valence-electron chi connectivity index (χ1n) is 16.3. The Balaban J connectivity index is 1.05. The average Bonchev–Trinajstić information content (AvgIpc) is 3.72. The predicted molar refractivity (Wildman–Crippen MR) is 177 cm³/mol. The highest BCUT2D eigenvalue weighted by Gasteiger charge is 2.43. The topological polar surface area (TPSA) is 64.9 Å². The molecule has 0 radical (unpaired) electrons. The van der Waals surface area contributed by atoms with Crippen molar-refractivity contribution in [3.63, 3.8) is 0 Å². The molecule has 0 atom stereocenters. The van der Waals surface area contributed by atoms with Crippen molar-refractivity contribution in [3.8, 4) is 16.9 Å². The van der Waals surface area contributed by atoms with Gasteiger partial charge in [0.2, 0.25) is 0 Å². The monoisotopic (exact) mass is 620 g/mol. The molecule has 4 aromatic rings. The summed E-state index contributed by atoms with van der Waals surface area (Å²) in [7, 11) is 4.34. The van der Waals surface area contributed by atoms with Crippen LogP contribution in [-0.2, 0) is 24.8 Å². The number of carbonyl (C=O) groups is 2. The summed E-state index contributed by atoms with van der Waals surface area (Å²) in [5.74, 6) is 0.106. The number of hydrogen-bond donors (Lipinski definition) is 0. The van der Waals surface area contributed by atoms with Gasteiger partial charge in [-0.15, -0.1) is 11.3 Å². The van der Waals surface area contributed by atoms with E-state index in [2.05, 4.69) is 59.6 Å². The fourth-order valence-corrected chi connectivity index (χ4v) is 8.90. The highest BCUT2D eigenvalue weighted by atomic mass is 32.1. The molecule has 5 heterocycles. The van der Waals surface area contributed by atoms with Crippen molar-refractivity contribution in [2.75, 3.05) is 59.9 Å². The molecule has 1 aliphatic carbocycles. The number of likely N-dealkylation sites (N-methyl/N-ethyl adjacent to an activating group) is 2. The molecule has 2 aromatic carbocycles. The average molecular weight is 621 g/mol. The highest BCUT2D eigenvalue weighted by Crippen LogP contribution is 2.43. The Morgan fingerprint density at radius 2 is 1.51 bits per heavy atom. The fourth-order valence-electron chi connectivity index (χ4n) is 8.02. The molecular weight excluding hydrogens is 581 g/mol. The van der Waals surface area contributed by atoms with Crippen LogP contribution in [0.3, 0.4) is 0 Å².